The summed E-state index contributed by atoms with van der Waals surface area (Å²) in [4.78, 5) is 12.9. The predicted molar refractivity (Wildman–Crippen MR) is 74.9 cm³/mol. The summed E-state index contributed by atoms with van der Waals surface area (Å²) in [5, 5.41) is 7.55. The molecule has 1 fully saturated rings. The zero-order valence-electron chi connectivity index (χ0n) is 11.6. The number of nitrogens with one attached hydrogen (secondary N) is 1. The lowest BCUT2D eigenvalue weighted by Gasteiger charge is -2.43. The van der Waals surface area contributed by atoms with Crippen LogP contribution in [0, 0.1) is 0 Å². The fourth-order valence-electron chi connectivity index (χ4n) is 3.28. The van der Waals surface area contributed by atoms with Crippen molar-refractivity contribution >= 4 is 17.2 Å². The molecule has 0 aromatic carbocycles. The first-order valence-corrected chi connectivity index (χ1v) is 7.37. The molecule has 1 aromatic rings. The summed E-state index contributed by atoms with van der Waals surface area (Å²) < 4.78 is 0. The number of nitrogens with two attached hydrogens (primary N) is 1. The molecule has 2 rings (SSSR count). The Morgan fingerprint density at radius 3 is 2.44 bits per heavy atom. The van der Waals surface area contributed by atoms with Crippen LogP contribution in [0.3, 0.4) is 0 Å². The summed E-state index contributed by atoms with van der Waals surface area (Å²) in [6.07, 6.45) is 2.04. The quantitative estimate of drug-likeness (QED) is 0.842. The first kappa shape index (κ1) is 13.6. The normalized spacial score (nSPS) is 22.7. The smallest absolute Gasteiger partial charge is 0.261 e. The molecular formula is C14H23N2OS+. The molecule has 1 aromatic heterocycles. The van der Waals surface area contributed by atoms with Crippen molar-refractivity contribution in [3.8, 4) is 0 Å². The Balaban J connectivity index is 2.03. The van der Waals surface area contributed by atoms with E-state index in [1.807, 2.05) is 17.5 Å². The van der Waals surface area contributed by atoms with E-state index in [0.717, 1.165) is 17.7 Å². The highest BCUT2D eigenvalue weighted by Gasteiger charge is 2.42. The van der Waals surface area contributed by atoms with Crippen LogP contribution in [-0.4, -0.2) is 23.0 Å². The summed E-state index contributed by atoms with van der Waals surface area (Å²) in [7, 11) is 0. The highest BCUT2D eigenvalue weighted by molar-refractivity contribution is 7.12. The Bertz CT molecular complexity index is 407. The van der Waals surface area contributed by atoms with Gasteiger partial charge in [0.1, 0.15) is 0 Å². The SMILES string of the molecule is CC1(C)CC(NC(=O)c2cccs2)CC(C)(C)[NH2+]1. The third kappa shape index (κ3) is 3.33. The molecule has 1 aliphatic heterocycles. The van der Waals surface area contributed by atoms with Crippen LogP contribution in [0.1, 0.15) is 50.2 Å². The molecule has 2 heterocycles. The second-order valence-electron chi connectivity index (χ2n) is 6.68. The summed E-state index contributed by atoms with van der Waals surface area (Å²) in [6, 6.07) is 4.07. The number of quaternary nitrogens is 1. The Kier molecular flexibility index (Phi) is 3.52. The topological polar surface area (TPSA) is 45.7 Å². The lowest BCUT2D eigenvalue weighted by molar-refractivity contribution is -0.787. The van der Waals surface area contributed by atoms with Crippen LogP contribution in [0.2, 0.25) is 0 Å². The highest BCUT2D eigenvalue weighted by atomic mass is 32.1. The zero-order chi connectivity index (χ0) is 13.4. The molecule has 18 heavy (non-hydrogen) atoms. The Morgan fingerprint density at radius 2 is 1.94 bits per heavy atom. The largest absolute Gasteiger partial charge is 0.348 e. The van der Waals surface area contributed by atoms with E-state index in [9.17, 15) is 4.79 Å². The molecule has 1 saturated heterocycles. The van der Waals surface area contributed by atoms with E-state index in [2.05, 4.69) is 38.3 Å². The van der Waals surface area contributed by atoms with Gasteiger partial charge in [-0.1, -0.05) is 6.07 Å². The van der Waals surface area contributed by atoms with Crippen LogP contribution in [0.15, 0.2) is 17.5 Å². The van der Waals surface area contributed by atoms with Crippen molar-refractivity contribution in [1.82, 2.24) is 5.32 Å². The molecule has 0 unspecified atom stereocenters. The van der Waals surface area contributed by atoms with Gasteiger partial charge >= 0.3 is 0 Å². The van der Waals surface area contributed by atoms with E-state index in [1.54, 1.807) is 0 Å². The van der Waals surface area contributed by atoms with Gasteiger partial charge in [0.25, 0.3) is 5.91 Å². The first-order chi connectivity index (χ1) is 8.27. The highest BCUT2D eigenvalue weighted by Crippen LogP contribution is 2.22. The van der Waals surface area contributed by atoms with Gasteiger partial charge in [0.05, 0.1) is 16.0 Å². The summed E-state index contributed by atoms with van der Waals surface area (Å²) >= 11 is 1.50. The third-order valence-corrected chi connectivity index (χ3v) is 4.28. The third-order valence-electron chi connectivity index (χ3n) is 3.41. The van der Waals surface area contributed by atoms with Gasteiger partial charge in [-0.05, 0) is 39.1 Å². The fourth-order valence-corrected chi connectivity index (χ4v) is 3.91. The predicted octanol–water partition coefficient (Wildman–Crippen LogP) is 1.76. The number of piperidine rings is 1. The van der Waals surface area contributed by atoms with Gasteiger partial charge in [0.15, 0.2) is 0 Å². The van der Waals surface area contributed by atoms with E-state index in [4.69, 9.17) is 0 Å². The summed E-state index contributed by atoms with van der Waals surface area (Å²) in [6.45, 7) is 8.99. The van der Waals surface area contributed by atoms with Crippen molar-refractivity contribution in [2.75, 3.05) is 0 Å². The van der Waals surface area contributed by atoms with Gasteiger partial charge in [0, 0.05) is 18.9 Å². The zero-order valence-corrected chi connectivity index (χ0v) is 12.4. The number of hydrogen-bond donors (Lipinski definition) is 2. The maximum absolute atomic E-state index is 12.1. The van der Waals surface area contributed by atoms with Crippen molar-refractivity contribution in [2.24, 2.45) is 0 Å². The maximum Gasteiger partial charge on any atom is 0.261 e. The van der Waals surface area contributed by atoms with Crippen molar-refractivity contribution in [3.05, 3.63) is 22.4 Å². The van der Waals surface area contributed by atoms with Gasteiger partial charge in [-0.3, -0.25) is 4.79 Å². The number of carbonyl (C=O) groups is 1. The van der Waals surface area contributed by atoms with Crippen LogP contribution in [0.25, 0.3) is 0 Å². The van der Waals surface area contributed by atoms with Crippen LogP contribution < -0.4 is 10.6 Å². The average molecular weight is 267 g/mol. The van der Waals surface area contributed by atoms with E-state index in [-0.39, 0.29) is 23.0 Å². The number of rotatable bonds is 2. The average Bonchev–Trinajstić information content (AvgIpc) is 2.63. The monoisotopic (exact) mass is 267 g/mol. The minimum atomic E-state index is 0.0727. The van der Waals surface area contributed by atoms with E-state index < -0.39 is 0 Å². The van der Waals surface area contributed by atoms with Crippen molar-refractivity contribution in [3.63, 3.8) is 0 Å². The van der Waals surface area contributed by atoms with Gasteiger partial charge in [0.2, 0.25) is 0 Å². The lowest BCUT2D eigenvalue weighted by atomic mass is 9.79. The van der Waals surface area contributed by atoms with E-state index in [0.29, 0.717) is 0 Å². The van der Waals surface area contributed by atoms with E-state index >= 15 is 0 Å². The second kappa shape index (κ2) is 4.67. The number of thiophene rings is 1. The molecule has 0 atom stereocenters. The van der Waals surface area contributed by atoms with Crippen molar-refractivity contribution < 1.29 is 10.1 Å². The second-order valence-corrected chi connectivity index (χ2v) is 7.63. The Labute approximate surface area is 113 Å². The minimum Gasteiger partial charge on any atom is -0.348 e. The molecule has 0 spiro atoms. The fraction of sp³-hybridized carbons (Fsp3) is 0.643. The first-order valence-electron chi connectivity index (χ1n) is 6.49. The van der Waals surface area contributed by atoms with Gasteiger partial charge in [-0.25, -0.2) is 0 Å². The summed E-state index contributed by atoms with van der Waals surface area (Å²) in [5.74, 6) is 0.0727. The van der Waals surface area contributed by atoms with Crippen molar-refractivity contribution in [1.29, 1.82) is 0 Å². The molecule has 0 aliphatic carbocycles. The molecule has 3 nitrogen and oxygen atoms in total. The lowest BCUT2D eigenvalue weighted by Crippen LogP contribution is -3.06. The van der Waals surface area contributed by atoms with Crippen LogP contribution in [0.5, 0.6) is 0 Å². The molecule has 100 valence electrons. The van der Waals surface area contributed by atoms with Gasteiger partial charge in [-0.2, -0.15) is 0 Å². The van der Waals surface area contributed by atoms with Gasteiger partial charge < -0.3 is 10.6 Å². The van der Waals surface area contributed by atoms with E-state index in [1.165, 1.54) is 11.3 Å². The molecule has 1 amide bonds. The number of amides is 1. The molecule has 0 saturated carbocycles. The Morgan fingerprint density at radius 1 is 1.33 bits per heavy atom. The molecule has 1 aliphatic rings. The van der Waals surface area contributed by atoms with Crippen molar-refractivity contribution in [2.45, 2.75) is 57.7 Å². The van der Waals surface area contributed by atoms with Crippen LogP contribution in [0.4, 0.5) is 0 Å². The van der Waals surface area contributed by atoms with Crippen LogP contribution in [-0.2, 0) is 0 Å². The number of carbonyl (C=O) groups excluding carboxylic acids is 1. The minimum absolute atomic E-state index is 0.0727. The maximum atomic E-state index is 12.1. The summed E-state index contributed by atoms with van der Waals surface area (Å²) in [5.41, 5.74) is 0.379. The number of hydrogen-bond acceptors (Lipinski definition) is 2. The van der Waals surface area contributed by atoms with Gasteiger partial charge in [-0.15, -0.1) is 11.3 Å². The standard InChI is InChI=1S/C14H22N2OS/c1-13(2)8-10(9-14(3,4)16-13)15-12(17)11-6-5-7-18-11/h5-7,10,16H,8-9H2,1-4H3,(H,15,17)/p+1. The Hall–Kier alpha value is -0.870. The molecule has 0 bridgehead atoms. The molecular weight excluding hydrogens is 244 g/mol. The molecule has 4 heteroatoms. The molecule has 3 N–H and O–H groups in total. The molecule has 0 radical (unpaired) electrons. The van der Waals surface area contributed by atoms with Crippen LogP contribution >= 0.6 is 11.3 Å².